The number of fused-ring (bicyclic) bond motifs is 11. The van der Waals surface area contributed by atoms with Crippen molar-refractivity contribution in [3.8, 4) is 11.5 Å². The quantitative estimate of drug-likeness (QED) is 0.177. The van der Waals surface area contributed by atoms with E-state index in [4.69, 9.17) is 13.8 Å². The zero-order valence-electron chi connectivity index (χ0n) is 27.4. The van der Waals surface area contributed by atoms with Gasteiger partial charge in [0.25, 0.3) is 0 Å². The maximum atomic E-state index is 6.61. The number of hydrogen-bond acceptors (Lipinski definition) is 4. The van der Waals surface area contributed by atoms with E-state index in [0.717, 1.165) is 66.4 Å². The Morgan fingerprint density at radius 2 is 1.06 bits per heavy atom. The zero-order chi connectivity index (χ0) is 33.5. The van der Waals surface area contributed by atoms with Gasteiger partial charge in [0.1, 0.15) is 16.7 Å². The predicted molar refractivity (Wildman–Crippen MR) is 211 cm³/mol. The third-order valence-corrected chi connectivity index (χ3v) is 10.3. The molecule has 11 rings (SSSR count). The van der Waals surface area contributed by atoms with Gasteiger partial charge in [0.05, 0.1) is 5.69 Å². The zero-order valence-corrected chi connectivity index (χ0v) is 27.4. The molecule has 0 atom stereocenters. The maximum Gasteiger partial charge on any atom is 0.228 e. The van der Waals surface area contributed by atoms with Gasteiger partial charge in [-0.25, -0.2) is 4.98 Å². The number of furan rings is 1. The second-order valence-electron chi connectivity index (χ2n) is 13.1. The van der Waals surface area contributed by atoms with Crippen LogP contribution in [0.4, 0.5) is 17.1 Å². The third kappa shape index (κ3) is 4.23. The normalized spacial score (nSPS) is 11.9. The highest BCUT2D eigenvalue weighted by Crippen LogP contribution is 2.44. The first-order valence-corrected chi connectivity index (χ1v) is 17.2. The fourth-order valence-corrected chi connectivity index (χ4v) is 7.95. The van der Waals surface area contributed by atoms with E-state index >= 15 is 0 Å². The van der Waals surface area contributed by atoms with E-state index in [1.54, 1.807) is 0 Å². The van der Waals surface area contributed by atoms with Crippen LogP contribution in [-0.2, 0) is 0 Å². The second kappa shape index (κ2) is 10.8. The SMILES string of the molecule is c1ccc(N(c2ccc3c(c2)oc2cccc(-c4nc5c(ccc6ccccc65)o4)c23)c2cccc3c2ccc2c4ccccc4ccc32)cc1. The van der Waals surface area contributed by atoms with Crippen LogP contribution < -0.4 is 4.90 Å². The lowest BCUT2D eigenvalue weighted by atomic mass is 9.96. The molecule has 0 radical (unpaired) electrons. The molecular formula is C47H28N2O2. The Balaban J connectivity index is 1.10. The molecule has 0 aliphatic heterocycles. The van der Waals surface area contributed by atoms with Crippen molar-refractivity contribution in [2.45, 2.75) is 0 Å². The van der Waals surface area contributed by atoms with Crippen LogP contribution in [0, 0.1) is 0 Å². The molecule has 0 N–H and O–H groups in total. The number of hydrogen-bond donors (Lipinski definition) is 0. The fraction of sp³-hybridized carbons (Fsp3) is 0. The lowest BCUT2D eigenvalue weighted by molar-refractivity contribution is 0.620. The maximum absolute atomic E-state index is 6.61. The predicted octanol–water partition coefficient (Wildman–Crippen LogP) is 13.5. The second-order valence-corrected chi connectivity index (χ2v) is 13.1. The fourth-order valence-electron chi connectivity index (χ4n) is 7.95. The van der Waals surface area contributed by atoms with Crippen molar-refractivity contribution in [1.29, 1.82) is 0 Å². The molecule has 2 aromatic heterocycles. The van der Waals surface area contributed by atoms with Gasteiger partial charge in [-0.1, -0.05) is 115 Å². The van der Waals surface area contributed by atoms with E-state index in [-0.39, 0.29) is 0 Å². The highest BCUT2D eigenvalue weighted by molar-refractivity contribution is 6.20. The van der Waals surface area contributed by atoms with E-state index in [2.05, 4.69) is 144 Å². The summed E-state index contributed by atoms with van der Waals surface area (Å²) in [5.74, 6) is 0.584. The molecule has 0 unspecified atom stereocenters. The molecule has 4 nitrogen and oxygen atoms in total. The van der Waals surface area contributed by atoms with Gasteiger partial charge >= 0.3 is 0 Å². The molecule has 0 amide bonds. The number of benzene rings is 9. The van der Waals surface area contributed by atoms with Crippen molar-refractivity contribution in [3.63, 3.8) is 0 Å². The van der Waals surface area contributed by atoms with E-state index in [1.165, 1.54) is 32.3 Å². The van der Waals surface area contributed by atoms with Gasteiger partial charge in [0, 0.05) is 44.5 Å². The Bertz CT molecular complexity index is 3160. The first kappa shape index (κ1) is 28.0. The largest absolute Gasteiger partial charge is 0.456 e. The molecule has 0 aliphatic carbocycles. The molecule has 4 heteroatoms. The number of para-hydroxylation sites is 1. The Morgan fingerprint density at radius 1 is 0.392 bits per heavy atom. The summed E-state index contributed by atoms with van der Waals surface area (Å²) in [4.78, 5) is 7.35. The van der Waals surface area contributed by atoms with Gasteiger partial charge in [-0.05, 0) is 80.8 Å². The smallest absolute Gasteiger partial charge is 0.228 e. The van der Waals surface area contributed by atoms with Crippen molar-refractivity contribution in [3.05, 3.63) is 170 Å². The van der Waals surface area contributed by atoms with E-state index in [9.17, 15) is 0 Å². The summed E-state index contributed by atoms with van der Waals surface area (Å²) in [6, 6.07) is 59.8. The molecule has 0 aliphatic rings. The molecule has 9 aromatic carbocycles. The minimum atomic E-state index is 0.584. The third-order valence-electron chi connectivity index (χ3n) is 10.3. The Labute approximate surface area is 292 Å². The van der Waals surface area contributed by atoms with Crippen LogP contribution in [0.1, 0.15) is 0 Å². The highest BCUT2D eigenvalue weighted by Gasteiger charge is 2.21. The van der Waals surface area contributed by atoms with Gasteiger partial charge in [-0.15, -0.1) is 0 Å². The Morgan fingerprint density at radius 3 is 1.96 bits per heavy atom. The van der Waals surface area contributed by atoms with Gasteiger partial charge in [-0.2, -0.15) is 0 Å². The van der Waals surface area contributed by atoms with E-state index < -0.39 is 0 Å². The lowest BCUT2D eigenvalue weighted by Gasteiger charge is -2.27. The molecule has 0 bridgehead atoms. The van der Waals surface area contributed by atoms with Crippen molar-refractivity contribution in [2.75, 3.05) is 4.90 Å². The topological polar surface area (TPSA) is 42.4 Å². The van der Waals surface area contributed by atoms with Gasteiger partial charge in [-0.3, -0.25) is 0 Å². The summed E-state index contributed by atoms with van der Waals surface area (Å²) in [6.07, 6.45) is 0. The summed E-state index contributed by atoms with van der Waals surface area (Å²) in [7, 11) is 0. The van der Waals surface area contributed by atoms with Crippen LogP contribution in [0.15, 0.2) is 179 Å². The highest BCUT2D eigenvalue weighted by atomic mass is 16.3. The first-order valence-electron chi connectivity index (χ1n) is 17.2. The van der Waals surface area contributed by atoms with Gasteiger partial charge < -0.3 is 13.7 Å². The number of oxazole rings is 1. The van der Waals surface area contributed by atoms with Crippen molar-refractivity contribution >= 4 is 93.2 Å². The molecular weight excluding hydrogens is 625 g/mol. The lowest BCUT2D eigenvalue weighted by Crippen LogP contribution is -2.10. The summed E-state index contributed by atoms with van der Waals surface area (Å²) in [6.45, 7) is 0. The molecule has 238 valence electrons. The molecule has 2 heterocycles. The standard InChI is InChI=1S/C47H28N2O2/c1-2-12-31(13-3-1)49(41-18-8-16-35-37-23-20-29-10-4-6-14-33(29)36(37)25-26-38(35)41)32-22-24-39-44(28-32)50-42-19-9-17-40(45(39)42)47-48-46-34-15-7-5-11-30(34)21-27-43(46)51-47/h1-28H. The summed E-state index contributed by atoms with van der Waals surface area (Å²) >= 11 is 0. The van der Waals surface area contributed by atoms with Crippen LogP contribution in [0.5, 0.6) is 0 Å². The minimum absolute atomic E-state index is 0.584. The Kier molecular flexibility index (Phi) is 5.92. The summed E-state index contributed by atoms with van der Waals surface area (Å²) in [5.41, 5.74) is 7.31. The van der Waals surface area contributed by atoms with Crippen LogP contribution in [0.3, 0.4) is 0 Å². The molecule has 0 saturated carbocycles. The van der Waals surface area contributed by atoms with Gasteiger partial charge in [0.2, 0.25) is 5.89 Å². The number of aromatic nitrogens is 1. The summed E-state index contributed by atoms with van der Waals surface area (Å²) < 4.78 is 13.0. The monoisotopic (exact) mass is 652 g/mol. The molecule has 11 aromatic rings. The van der Waals surface area contributed by atoms with Crippen LogP contribution in [0.2, 0.25) is 0 Å². The van der Waals surface area contributed by atoms with Crippen LogP contribution in [-0.4, -0.2) is 4.98 Å². The molecule has 0 spiro atoms. The van der Waals surface area contributed by atoms with E-state index in [0.29, 0.717) is 5.89 Å². The average Bonchev–Trinajstić information content (AvgIpc) is 3.80. The van der Waals surface area contributed by atoms with Crippen LogP contribution >= 0.6 is 0 Å². The number of rotatable bonds is 4. The van der Waals surface area contributed by atoms with Crippen molar-refractivity contribution in [2.24, 2.45) is 0 Å². The van der Waals surface area contributed by atoms with Crippen molar-refractivity contribution in [1.82, 2.24) is 4.98 Å². The van der Waals surface area contributed by atoms with E-state index in [1.807, 2.05) is 30.3 Å². The van der Waals surface area contributed by atoms with Gasteiger partial charge in [0.15, 0.2) is 5.58 Å². The molecule has 51 heavy (non-hydrogen) atoms. The average molecular weight is 653 g/mol. The number of anilines is 3. The summed E-state index contributed by atoms with van der Waals surface area (Å²) in [5, 5.41) is 11.6. The van der Waals surface area contributed by atoms with Crippen molar-refractivity contribution < 1.29 is 8.83 Å². The Hall–Kier alpha value is -6.91. The van der Waals surface area contributed by atoms with Crippen LogP contribution in [0.25, 0.3) is 87.6 Å². The first-order chi connectivity index (χ1) is 25.3. The molecule has 0 fully saturated rings. The minimum Gasteiger partial charge on any atom is -0.456 e. The number of nitrogens with zero attached hydrogens (tertiary/aromatic N) is 2. The molecule has 0 saturated heterocycles.